The number of carbonyl (C=O) groups excluding carboxylic acids is 1. The van der Waals surface area contributed by atoms with Crippen LogP contribution in [0.1, 0.15) is 48.5 Å². The Kier molecular flexibility index (Phi) is 7.43. The van der Waals surface area contributed by atoms with Crippen molar-refractivity contribution < 1.29 is 20.1 Å². The van der Waals surface area contributed by atoms with Gasteiger partial charge in [-0.1, -0.05) is 56.0 Å². The number of halogens is 1. The molecule has 0 aliphatic heterocycles. The molecule has 0 fully saturated rings. The quantitative estimate of drug-likeness (QED) is 0.509. The summed E-state index contributed by atoms with van der Waals surface area (Å²) in [6.45, 7) is 2.07. The predicted molar refractivity (Wildman–Crippen MR) is 83.7 cm³/mol. The molecule has 0 saturated heterocycles. The van der Waals surface area contributed by atoms with E-state index >= 15 is 0 Å². The molecule has 1 aromatic rings. The maximum absolute atomic E-state index is 11.0. The van der Waals surface area contributed by atoms with Gasteiger partial charge in [0.15, 0.2) is 6.29 Å². The Morgan fingerprint density at radius 3 is 2.62 bits per heavy atom. The molecular formula is C16H21ClO4. The molecule has 4 nitrogen and oxygen atoms in total. The van der Waals surface area contributed by atoms with Crippen LogP contribution in [0.25, 0.3) is 6.08 Å². The number of hydrogen-bond acceptors (Lipinski definition) is 4. The highest BCUT2D eigenvalue weighted by atomic mass is 35.5. The first-order chi connectivity index (χ1) is 10.0. The molecule has 21 heavy (non-hydrogen) atoms. The number of aliphatic hydroxyl groups is 2. The first-order valence-electron chi connectivity index (χ1n) is 7.02. The summed E-state index contributed by atoms with van der Waals surface area (Å²) >= 11 is 5.73. The molecule has 0 aliphatic carbocycles. The minimum absolute atomic E-state index is 0.0615. The molecule has 0 heterocycles. The summed E-state index contributed by atoms with van der Waals surface area (Å²) < 4.78 is 0. The molecule has 0 amide bonds. The minimum Gasteiger partial charge on any atom is -0.506 e. The van der Waals surface area contributed by atoms with Crippen molar-refractivity contribution in [1.82, 2.24) is 0 Å². The van der Waals surface area contributed by atoms with Crippen LogP contribution in [-0.4, -0.2) is 33.8 Å². The molecule has 1 aromatic carbocycles. The number of aliphatic hydroxyl groups excluding tert-OH is 2. The SMILES string of the molecule is CCCCCC(O)C(O)C=Cc1ccc(Cl)c(O)c1C=O. The Morgan fingerprint density at radius 1 is 1.29 bits per heavy atom. The van der Waals surface area contributed by atoms with Crippen LogP contribution < -0.4 is 0 Å². The number of phenolic OH excluding ortho intramolecular Hbond substituents is 1. The Labute approximate surface area is 129 Å². The van der Waals surface area contributed by atoms with E-state index < -0.39 is 12.2 Å². The number of rotatable bonds is 8. The number of aromatic hydroxyl groups is 1. The Morgan fingerprint density at radius 2 is 2.00 bits per heavy atom. The molecule has 2 atom stereocenters. The van der Waals surface area contributed by atoms with E-state index in [2.05, 4.69) is 6.92 Å². The van der Waals surface area contributed by atoms with E-state index in [9.17, 15) is 20.1 Å². The van der Waals surface area contributed by atoms with Crippen molar-refractivity contribution >= 4 is 24.0 Å². The van der Waals surface area contributed by atoms with Crippen LogP contribution >= 0.6 is 11.6 Å². The second-order valence-electron chi connectivity index (χ2n) is 4.93. The average Bonchev–Trinajstić information content (AvgIpc) is 2.48. The van der Waals surface area contributed by atoms with E-state index in [1.807, 2.05) is 0 Å². The fourth-order valence-corrected chi connectivity index (χ4v) is 2.14. The molecule has 0 bridgehead atoms. The van der Waals surface area contributed by atoms with Crippen molar-refractivity contribution in [1.29, 1.82) is 0 Å². The van der Waals surface area contributed by atoms with Crippen LogP contribution in [0.3, 0.4) is 0 Å². The zero-order valence-corrected chi connectivity index (χ0v) is 12.8. The molecule has 0 radical (unpaired) electrons. The summed E-state index contributed by atoms with van der Waals surface area (Å²) in [4.78, 5) is 11.0. The lowest BCUT2D eigenvalue weighted by molar-refractivity contribution is 0.0420. The summed E-state index contributed by atoms with van der Waals surface area (Å²) in [6.07, 6.45) is 4.98. The van der Waals surface area contributed by atoms with Gasteiger partial charge in [0.25, 0.3) is 0 Å². The monoisotopic (exact) mass is 312 g/mol. The summed E-state index contributed by atoms with van der Waals surface area (Å²) in [5.41, 5.74) is 0.498. The van der Waals surface area contributed by atoms with E-state index in [1.54, 1.807) is 6.07 Å². The van der Waals surface area contributed by atoms with E-state index in [4.69, 9.17) is 11.6 Å². The first kappa shape index (κ1) is 17.7. The number of benzene rings is 1. The number of aldehydes is 1. The van der Waals surface area contributed by atoms with Crippen LogP contribution in [0.4, 0.5) is 0 Å². The lowest BCUT2D eigenvalue weighted by Crippen LogP contribution is -2.23. The summed E-state index contributed by atoms with van der Waals surface area (Å²) in [6, 6.07) is 3.03. The Hall–Kier alpha value is -1.36. The van der Waals surface area contributed by atoms with Gasteiger partial charge in [-0.3, -0.25) is 4.79 Å². The number of hydrogen-bond donors (Lipinski definition) is 3. The fourth-order valence-electron chi connectivity index (χ4n) is 1.97. The van der Waals surface area contributed by atoms with Gasteiger partial charge in [-0.05, 0) is 18.1 Å². The van der Waals surface area contributed by atoms with Crippen LogP contribution in [0.5, 0.6) is 5.75 Å². The molecule has 3 N–H and O–H groups in total. The molecule has 0 saturated carbocycles. The number of phenols is 1. The number of unbranched alkanes of at least 4 members (excludes halogenated alkanes) is 2. The van der Waals surface area contributed by atoms with Crippen LogP contribution in [0.15, 0.2) is 18.2 Å². The molecule has 116 valence electrons. The van der Waals surface area contributed by atoms with Gasteiger partial charge in [-0.2, -0.15) is 0 Å². The molecular weight excluding hydrogens is 292 g/mol. The van der Waals surface area contributed by atoms with Crippen molar-refractivity contribution in [2.24, 2.45) is 0 Å². The Balaban J connectivity index is 2.76. The first-order valence-corrected chi connectivity index (χ1v) is 7.40. The maximum atomic E-state index is 11.0. The third-order valence-corrected chi connectivity index (χ3v) is 3.60. The van der Waals surface area contributed by atoms with Crippen LogP contribution in [0, 0.1) is 0 Å². The topological polar surface area (TPSA) is 77.8 Å². The third-order valence-electron chi connectivity index (χ3n) is 3.29. The maximum Gasteiger partial charge on any atom is 0.154 e. The van der Waals surface area contributed by atoms with Crippen molar-refractivity contribution in [2.45, 2.75) is 44.8 Å². The van der Waals surface area contributed by atoms with E-state index in [0.717, 1.165) is 19.3 Å². The molecule has 5 heteroatoms. The standard InChI is InChI=1S/C16H21ClO4/c1-2-3-4-5-14(19)15(20)9-7-11-6-8-13(17)16(21)12(11)10-18/h6-10,14-15,19-21H,2-5H2,1H3. The van der Waals surface area contributed by atoms with Gasteiger partial charge in [0, 0.05) is 0 Å². The molecule has 2 unspecified atom stereocenters. The van der Waals surface area contributed by atoms with Gasteiger partial charge in [-0.15, -0.1) is 0 Å². The highest BCUT2D eigenvalue weighted by Gasteiger charge is 2.13. The van der Waals surface area contributed by atoms with Crippen LogP contribution in [-0.2, 0) is 0 Å². The van der Waals surface area contributed by atoms with E-state index in [1.165, 1.54) is 18.2 Å². The van der Waals surface area contributed by atoms with Crippen LogP contribution in [0.2, 0.25) is 5.02 Å². The van der Waals surface area contributed by atoms with Gasteiger partial charge >= 0.3 is 0 Å². The highest BCUT2D eigenvalue weighted by molar-refractivity contribution is 6.32. The van der Waals surface area contributed by atoms with Gasteiger partial charge in [-0.25, -0.2) is 0 Å². The summed E-state index contributed by atoms with van der Waals surface area (Å²) in [5, 5.41) is 29.4. The fraction of sp³-hybridized carbons (Fsp3) is 0.438. The largest absolute Gasteiger partial charge is 0.506 e. The third kappa shape index (κ3) is 5.16. The van der Waals surface area contributed by atoms with Gasteiger partial charge in [0.1, 0.15) is 5.75 Å². The smallest absolute Gasteiger partial charge is 0.154 e. The summed E-state index contributed by atoms with van der Waals surface area (Å²) in [7, 11) is 0. The molecule has 0 aromatic heterocycles. The van der Waals surface area contributed by atoms with E-state index in [-0.39, 0.29) is 16.3 Å². The molecule has 1 rings (SSSR count). The Bertz CT molecular complexity index is 499. The van der Waals surface area contributed by atoms with Crippen molar-refractivity contribution in [3.63, 3.8) is 0 Å². The lowest BCUT2D eigenvalue weighted by atomic mass is 10.0. The van der Waals surface area contributed by atoms with Gasteiger partial charge in [0.2, 0.25) is 0 Å². The zero-order chi connectivity index (χ0) is 15.8. The molecule has 0 aliphatic rings. The zero-order valence-electron chi connectivity index (χ0n) is 12.0. The lowest BCUT2D eigenvalue weighted by Gasteiger charge is -2.14. The van der Waals surface area contributed by atoms with Crippen molar-refractivity contribution in [3.8, 4) is 5.75 Å². The normalized spacial score (nSPS) is 14.3. The van der Waals surface area contributed by atoms with Crippen molar-refractivity contribution in [3.05, 3.63) is 34.4 Å². The molecule has 0 spiro atoms. The average molecular weight is 313 g/mol. The van der Waals surface area contributed by atoms with E-state index in [0.29, 0.717) is 18.3 Å². The summed E-state index contributed by atoms with van der Waals surface area (Å²) in [5.74, 6) is -0.285. The van der Waals surface area contributed by atoms with Gasteiger partial charge < -0.3 is 15.3 Å². The van der Waals surface area contributed by atoms with Gasteiger partial charge in [0.05, 0.1) is 22.8 Å². The highest BCUT2D eigenvalue weighted by Crippen LogP contribution is 2.29. The predicted octanol–water partition coefficient (Wildman–Crippen LogP) is 3.17. The minimum atomic E-state index is -1.01. The number of carbonyl (C=O) groups is 1. The second-order valence-corrected chi connectivity index (χ2v) is 5.34. The van der Waals surface area contributed by atoms with Crippen molar-refractivity contribution in [2.75, 3.05) is 0 Å². The second kappa shape index (κ2) is 8.82.